The zero-order chi connectivity index (χ0) is 13.0. The molecule has 1 heterocycles. The van der Waals surface area contributed by atoms with E-state index < -0.39 is 0 Å². The zero-order valence-corrected chi connectivity index (χ0v) is 13.0. The third-order valence-electron chi connectivity index (χ3n) is 3.40. The third kappa shape index (κ3) is 1.65. The van der Waals surface area contributed by atoms with Crippen LogP contribution in [0, 0.1) is 0 Å². The van der Waals surface area contributed by atoms with Gasteiger partial charge in [0.25, 0.3) is 0 Å². The SMILES string of the molecule is Brc1ccc2c(c1)Oc1cccc3c(Br)ccc-2c13. The minimum Gasteiger partial charge on any atom is -0.456 e. The monoisotopic (exact) mass is 374 g/mol. The van der Waals surface area contributed by atoms with Gasteiger partial charge in [-0.25, -0.2) is 0 Å². The Bertz CT molecular complexity index is 824. The van der Waals surface area contributed by atoms with Crippen LogP contribution in [0.3, 0.4) is 0 Å². The van der Waals surface area contributed by atoms with Gasteiger partial charge in [-0.05, 0) is 35.9 Å². The lowest BCUT2D eigenvalue weighted by Crippen LogP contribution is -1.97. The Kier molecular flexibility index (Phi) is 2.47. The van der Waals surface area contributed by atoms with Crippen LogP contribution in [0.25, 0.3) is 21.9 Å². The number of ether oxygens (including phenoxy) is 1. The number of benzene rings is 3. The van der Waals surface area contributed by atoms with Crippen molar-refractivity contribution < 1.29 is 4.74 Å². The summed E-state index contributed by atoms with van der Waals surface area (Å²) in [5, 5.41) is 2.36. The summed E-state index contributed by atoms with van der Waals surface area (Å²) in [5.41, 5.74) is 2.36. The Morgan fingerprint density at radius 2 is 1.63 bits per heavy atom. The van der Waals surface area contributed by atoms with Gasteiger partial charge in [-0.1, -0.05) is 50.1 Å². The summed E-state index contributed by atoms with van der Waals surface area (Å²) in [4.78, 5) is 0. The van der Waals surface area contributed by atoms with Crippen molar-refractivity contribution in [3.8, 4) is 22.6 Å². The van der Waals surface area contributed by atoms with Crippen LogP contribution >= 0.6 is 31.9 Å². The molecule has 19 heavy (non-hydrogen) atoms. The maximum atomic E-state index is 6.03. The summed E-state index contributed by atoms with van der Waals surface area (Å²) in [6.07, 6.45) is 0. The van der Waals surface area contributed by atoms with Gasteiger partial charge in [0, 0.05) is 25.3 Å². The summed E-state index contributed by atoms with van der Waals surface area (Å²) >= 11 is 7.10. The van der Waals surface area contributed by atoms with Crippen LogP contribution in [0.4, 0.5) is 0 Å². The van der Waals surface area contributed by atoms with E-state index in [0.29, 0.717) is 0 Å². The average molecular weight is 376 g/mol. The van der Waals surface area contributed by atoms with E-state index in [0.717, 1.165) is 26.0 Å². The highest BCUT2D eigenvalue weighted by Gasteiger charge is 2.20. The first-order valence-corrected chi connectivity index (χ1v) is 7.51. The smallest absolute Gasteiger partial charge is 0.136 e. The maximum absolute atomic E-state index is 6.03. The molecule has 4 rings (SSSR count). The minimum absolute atomic E-state index is 0.900. The highest BCUT2D eigenvalue weighted by Crippen LogP contribution is 2.48. The van der Waals surface area contributed by atoms with Crippen molar-refractivity contribution in [1.82, 2.24) is 0 Å². The van der Waals surface area contributed by atoms with Crippen LogP contribution in [0.2, 0.25) is 0 Å². The van der Waals surface area contributed by atoms with Gasteiger partial charge in [-0.3, -0.25) is 0 Å². The molecule has 0 aliphatic carbocycles. The molecule has 0 atom stereocenters. The van der Waals surface area contributed by atoms with E-state index >= 15 is 0 Å². The molecule has 3 aromatic carbocycles. The highest BCUT2D eigenvalue weighted by atomic mass is 79.9. The minimum atomic E-state index is 0.900. The first-order chi connectivity index (χ1) is 9.24. The molecule has 1 nitrogen and oxygen atoms in total. The topological polar surface area (TPSA) is 9.23 Å². The van der Waals surface area contributed by atoms with Gasteiger partial charge < -0.3 is 4.74 Å². The molecule has 0 bridgehead atoms. The number of halogens is 2. The van der Waals surface area contributed by atoms with Crippen molar-refractivity contribution >= 4 is 42.6 Å². The zero-order valence-electron chi connectivity index (χ0n) is 9.78. The maximum Gasteiger partial charge on any atom is 0.136 e. The van der Waals surface area contributed by atoms with Crippen LogP contribution in [-0.2, 0) is 0 Å². The van der Waals surface area contributed by atoms with Gasteiger partial charge in [0.1, 0.15) is 11.5 Å². The van der Waals surface area contributed by atoms with Crippen molar-refractivity contribution in [2.24, 2.45) is 0 Å². The second-order valence-corrected chi connectivity index (χ2v) is 6.29. The van der Waals surface area contributed by atoms with Gasteiger partial charge >= 0.3 is 0 Å². The highest BCUT2D eigenvalue weighted by molar-refractivity contribution is 9.11. The van der Waals surface area contributed by atoms with E-state index in [9.17, 15) is 0 Å². The lowest BCUT2D eigenvalue weighted by atomic mass is 9.95. The molecule has 0 fully saturated rings. The molecule has 3 aromatic rings. The molecule has 0 unspecified atom stereocenters. The van der Waals surface area contributed by atoms with Gasteiger partial charge in [-0.15, -0.1) is 0 Å². The molecule has 0 saturated heterocycles. The molecule has 3 heteroatoms. The van der Waals surface area contributed by atoms with Crippen molar-refractivity contribution in [3.63, 3.8) is 0 Å². The molecule has 0 N–H and O–H groups in total. The normalized spacial score (nSPS) is 12.1. The second-order valence-electron chi connectivity index (χ2n) is 4.52. The molecule has 1 aliphatic heterocycles. The quantitative estimate of drug-likeness (QED) is 0.358. The number of hydrogen-bond acceptors (Lipinski definition) is 1. The van der Waals surface area contributed by atoms with Gasteiger partial charge in [-0.2, -0.15) is 0 Å². The number of fused-ring (bicyclic) bond motifs is 2. The summed E-state index contributed by atoms with van der Waals surface area (Å²) in [5.74, 6) is 1.82. The van der Waals surface area contributed by atoms with Crippen molar-refractivity contribution in [1.29, 1.82) is 0 Å². The molecule has 0 amide bonds. The lowest BCUT2D eigenvalue weighted by molar-refractivity contribution is 0.486. The Hall–Kier alpha value is -1.32. The average Bonchev–Trinajstić information content (AvgIpc) is 2.41. The molecule has 92 valence electrons. The van der Waals surface area contributed by atoms with Crippen LogP contribution in [0.1, 0.15) is 0 Å². The predicted molar refractivity (Wildman–Crippen MR) is 84.9 cm³/mol. The van der Waals surface area contributed by atoms with E-state index in [1.807, 2.05) is 24.3 Å². The molecule has 1 aliphatic rings. The van der Waals surface area contributed by atoms with Gasteiger partial charge in [0.2, 0.25) is 0 Å². The van der Waals surface area contributed by atoms with E-state index in [-0.39, 0.29) is 0 Å². The fourth-order valence-electron chi connectivity index (χ4n) is 2.57. The summed E-state index contributed by atoms with van der Waals surface area (Å²) in [7, 11) is 0. The second kappa shape index (κ2) is 4.09. The van der Waals surface area contributed by atoms with Crippen molar-refractivity contribution in [3.05, 3.63) is 57.5 Å². The first-order valence-electron chi connectivity index (χ1n) is 5.93. The standard InChI is InChI=1S/C16H8Br2O/c17-9-4-5-10-11-6-7-13(18)12-2-1-3-14(16(11)12)19-15(10)8-9/h1-8H. The molecule has 0 aromatic heterocycles. The molecule has 0 saturated carbocycles. The summed E-state index contributed by atoms with van der Waals surface area (Å²) in [6, 6.07) is 16.5. The summed E-state index contributed by atoms with van der Waals surface area (Å²) in [6.45, 7) is 0. The Morgan fingerprint density at radius 1 is 0.789 bits per heavy atom. The first kappa shape index (κ1) is 11.5. The predicted octanol–water partition coefficient (Wildman–Crippen LogP) is 6.14. The van der Waals surface area contributed by atoms with Crippen LogP contribution < -0.4 is 4.74 Å². The van der Waals surface area contributed by atoms with E-state index in [4.69, 9.17) is 4.74 Å². The van der Waals surface area contributed by atoms with Crippen LogP contribution in [0.5, 0.6) is 11.5 Å². The van der Waals surface area contributed by atoms with E-state index in [1.54, 1.807) is 0 Å². The Balaban J connectivity index is 2.17. The Labute approximate surface area is 127 Å². The van der Waals surface area contributed by atoms with Crippen LogP contribution in [0.15, 0.2) is 57.5 Å². The molecular formula is C16H8Br2O. The third-order valence-corrected chi connectivity index (χ3v) is 4.59. The summed E-state index contributed by atoms with van der Waals surface area (Å²) < 4.78 is 8.16. The molecule has 0 radical (unpaired) electrons. The van der Waals surface area contributed by atoms with Gasteiger partial charge in [0.15, 0.2) is 0 Å². The van der Waals surface area contributed by atoms with Crippen LogP contribution in [-0.4, -0.2) is 0 Å². The molecule has 0 spiro atoms. The molecular weight excluding hydrogens is 368 g/mol. The van der Waals surface area contributed by atoms with Crippen molar-refractivity contribution in [2.75, 3.05) is 0 Å². The number of hydrogen-bond donors (Lipinski definition) is 0. The lowest BCUT2D eigenvalue weighted by Gasteiger charge is -2.21. The Morgan fingerprint density at radius 3 is 2.53 bits per heavy atom. The van der Waals surface area contributed by atoms with Gasteiger partial charge in [0.05, 0.1) is 0 Å². The van der Waals surface area contributed by atoms with Crippen molar-refractivity contribution in [2.45, 2.75) is 0 Å². The van der Waals surface area contributed by atoms with E-state index in [2.05, 4.69) is 56.1 Å². The van der Waals surface area contributed by atoms with E-state index in [1.165, 1.54) is 16.3 Å². The fraction of sp³-hybridized carbons (Fsp3) is 0. The largest absolute Gasteiger partial charge is 0.456 e. The number of rotatable bonds is 0. The fourth-order valence-corrected chi connectivity index (χ4v) is 3.37.